The van der Waals surface area contributed by atoms with E-state index in [-0.39, 0.29) is 5.91 Å². The van der Waals surface area contributed by atoms with E-state index in [0.29, 0.717) is 35.5 Å². The van der Waals surface area contributed by atoms with Gasteiger partial charge in [0.25, 0.3) is 5.91 Å². The minimum atomic E-state index is -0.185. The van der Waals surface area contributed by atoms with Gasteiger partial charge in [-0.25, -0.2) is 0 Å². The zero-order chi connectivity index (χ0) is 23.4. The van der Waals surface area contributed by atoms with Crippen LogP contribution in [0.4, 0.5) is 5.69 Å². The molecular formula is C26H32N2O4. The summed E-state index contributed by atoms with van der Waals surface area (Å²) in [6, 6.07) is 11.4. The topological polar surface area (TPSA) is 73.6 Å². The highest BCUT2D eigenvalue weighted by Gasteiger charge is 2.18. The molecule has 0 unspecified atom stereocenters. The Balaban J connectivity index is 1.84. The van der Waals surface area contributed by atoms with Gasteiger partial charge < -0.3 is 19.3 Å². The van der Waals surface area contributed by atoms with Gasteiger partial charge in [0.05, 0.1) is 18.4 Å². The number of rotatable bonds is 8. The third kappa shape index (κ3) is 4.96. The molecule has 3 rings (SSSR count). The summed E-state index contributed by atoms with van der Waals surface area (Å²) in [4.78, 5) is 13.1. The second-order valence-electron chi connectivity index (χ2n) is 8.53. The molecular weight excluding hydrogens is 404 g/mol. The molecule has 6 nitrogen and oxygen atoms in total. The highest BCUT2D eigenvalue weighted by Crippen LogP contribution is 2.34. The van der Waals surface area contributed by atoms with E-state index < -0.39 is 0 Å². The molecule has 0 saturated carbocycles. The van der Waals surface area contributed by atoms with E-state index in [1.165, 1.54) is 0 Å². The molecule has 170 valence electrons. The summed E-state index contributed by atoms with van der Waals surface area (Å²) < 4.78 is 16.6. The van der Waals surface area contributed by atoms with Gasteiger partial charge in [-0.2, -0.15) is 0 Å². The molecule has 0 atom stereocenters. The van der Waals surface area contributed by atoms with Crippen molar-refractivity contribution in [2.45, 2.75) is 60.0 Å². The largest absolute Gasteiger partial charge is 0.493 e. The van der Waals surface area contributed by atoms with Crippen LogP contribution in [0.15, 0.2) is 40.9 Å². The van der Waals surface area contributed by atoms with Crippen molar-refractivity contribution in [2.75, 3.05) is 12.4 Å². The van der Waals surface area contributed by atoms with Crippen LogP contribution < -0.4 is 14.8 Å². The summed E-state index contributed by atoms with van der Waals surface area (Å²) in [5.74, 6) is 2.16. The first-order valence-corrected chi connectivity index (χ1v) is 10.9. The van der Waals surface area contributed by atoms with Crippen molar-refractivity contribution < 1.29 is 18.8 Å². The van der Waals surface area contributed by atoms with Crippen molar-refractivity contribution in [3.8, 4) is 11.5 Å². The van der Waals surface area contributed by atoms with Gasteiger partial charge in [-0.3, -0.25) is 4.79 Å². The summed E-state index contributed by atoms with van der Waals surface area (Å²) in [5, 5.41) is 7.09. The van der Waals surface area contributed by atoms with Gasteiger partial charge in [-0.05, 0) is 55.0 Å². The monoisotopic (exact) mass is 436 g/mol. The Bertz CT molecular complexity index is 1050. The fourth-order valence-corrected chi connectivity index (χ4v) is 3.67. The minimum Gasteiger partial charge on any atom is -0.493 e. The normalized spacial score (nSPS) is 11.2. The number of carbonyl (C=O) groups excluding carboxylic acids is 1. The number of carbonyl (C=O) groups is 1. The first-order chi connectivity index (χ1) is 15.2. The third-order valence-electron chi connectivity index (χ3n) is 5.59. The average Bonchev–Trinajstić information content (AvgIpc) is 3.09. The Hall–Kier alpha value is -3.28. The Kier molecular flexibility index (Phi) is 7.23. The van der Waals surface area contributed by atoms with E-state index >= 15 is 0 Å². The summed E-state index contributed by atoms with van der Waals surface area (Å²) in [6.07, 6.45) is 0. The molecule has 0 bridgehead atoms. The predicted octanol–water partition coefficient (Wildman–Crippen LogP) is 6.38. The van der Waals surface area contributed by atoms with E-state index in [2.05, 4.69) is 56.4 Å². The van der Waals surface area contributed by atoms with Crippen molar-refractivity contribution >= 4 is 11.6 Å². The standard InChI is InChI=1S/C26H32N2O4/c1-15(2)20-9-8-10-21(16(3)4)25(20)27-26(29)19-11-12-23(24(13-19)30-7)31-14-22-17(5)28-32-18(22)6/h8-13,15-16H,14H2,1-7H3,(H,27,29). The van der Waals surface area contributed by atoms with Crippen molar-refractivity contribution in [1.29, 1.82) is 0 Å². The second-order valence-corrected chi connectivity index (χ2v) is 8.53. The number of methoxy groups -OCH3 is 1. The first-order valence-electron chi connectivity index (χ1n) is 10.9. The van der Waals surface area contributed by atoms with Crippen LogP contribution >= 0.6 is 0 Å². The number of hydrogen-bond donors (Lipinski definition) is 1. The number of hydrogen-bond acceptors (Lipinski definition) is 5. The summed E-state index contributed by atoms with van der Waals surface area (Å²) in [6.45, 7) is 12.5. The van der Waals surface area contributed by atoms with Gasteiger partial charge in [0.1, 0.15) is 12.4 Å². The molecule has 2 aromatic carbocycles. The number of nitrogens with one attached hydrogen (secondary N) is 1. The van der Waals surface area contributed by atoms with Crippen LogP contribution in [0.5, 0.6) is 11.5 Å². The minimum absolute atomic E-state index is 0.185. The number of ether oxygens (including phenoxy) is 2. The summed E-state index contributed by atoms with van der Waals surface area (Å²) in [5.41, 5.74) is 5.33. The molecule has 3 aromatic rings. The van der Waals surface area contributed by atoms with Crippen molar-refractivity contribution in [1.82, 2.24) is 5.16 Å². The quantitative estimate of drug-likeness (QED) is 0.444. The SMILES string of the molecule is COc1cc(C(=O)Nc2c(C(C)C)cccc2C(C)C)ccc1OCc1c(C)noc1C. The highest BCUT2D eigenvalue weighted by atomic mass is 16.5. The molecule has 0 saturated heterocycles. The van der Waals surface area contributed by atoms with Gasteiger partial charge >= 0.3 is 0 Å². The van der Waals surface area contributed by atoms with Crippen molar-refractivity contribution in [2.24, 2.45) is 0 Å². The number of para-hydroxylation sites is 1. The van der Waals surface area contributed by atoms with Crippen molar-refractivity contribution in [3.63, 3.8) is 0 Å². The average molecular weight is 437 g/mol. The zero-order valence-electron chi connectivity index (χ0n) is 19.9. The molecule has 0 aliphatic rings. The van der Waals surface area contributed by atoms with E-state index in [1.807, 2.05) is 13.8 Å². The van der Waals surface area contributed by atoms with Gasteiger partial charge in [-0.1, -0.05) is 51.1 Å². The van der Waals surface area contributed by atoms with Crippen LogP contribution in [0.3, 0.4) is 0 Å². The van der Waals surface area contributed by atoms with Crippen molar-refractivity contribution in [3.05, 3.63) is 70.1 Å². The molecule has 1 N–H and O–H groups in total. The maximum Gasteiger partial charge on any atom is 0.255 e. The maximum absolute atomic E-state index is 13.1. The van der Waals surface area contributed by atoms with Crippen LogP contribution in [0, 0.1) is 13.8 Å². The highest BCUT2D eigenvalue weighted by molar-refractivity contribution is 6.05. The lowest BCUT2D eigenvalue weighted by Gasteiger charge is -2.20. The fourth-order valence-electron chi connectivity index (χ4n) is 3.67. The van der Waals surface area contributed by atoms with E-state index in [0.717, 1.165) is 33.8 Å². The number of amides is 1. The lowest BCUT2D eigenvalue weighted by Crippen LogP contribution is -2.16. The van der Waals surface area contributed by atoms with Gasteiger partial charge in [0, 0.05) is 11.3 Å². The second kappa shape index (κ2) is 9.90. The Morgan fingerprint density at radius 2 is 1.69 bits per heavy atom. The maximum atomic E-state index is 13.1. The number of aromatic nitrogens is 1. The Morgan fingerprint density at radius 1 is 1.03 bits per heavy atom. The number of nitrogens with zero attached hydrogens (tertiary/aromatic N) is 1. The van der Waals surface area contributed by atoms with Crippen LogP contribution in [-0.2, 0) is 6.61 Å². The first kappa shape index (κ1) is 23.4. The molecule has 1 heterocycles. The molecule has 0 aliphatic carbocycles. The smallest absolute Gasteiger partial charge is 0.255 e. The lowest BCUT2D eigenvalue weighted by molar-refractivity contribution is 0.102. The van der Waals surface area contributed by atoms with Gasteiger partial charge in [0.15, 0.2) is 11.5 Å². The summed E-state index contributed by atoms with van der Waals surface area (Å²) in [7, 11) is 1.56. The van der Waals surface area contributed by atoms with Crippen LogP contribution in [-0.4, -0.2) is 18.2 Å². The Morgan fingerprint density at radius 3 is 2.22 bits per heavy atom. The molecule has 0 radical (unpaired) electrons. The number of benzene rings is 2. The van der Waals surface area contributed by atoms with Crippen LogP contribution in [0.25, 0.3) is 0 Å². The molecule has 1 amide bonds. The summed E-state index contributed by atoms with van der Waals surface area (Å²) >= 11 is 0. The molecule has 6 heteroatoms. The Labute approximate surface area is 189 Å². The molecule has 0 aliphatic heterocycles. The zero-order valence-corrected chi connectivity index (χ0v) is 19.9. The van der Waals surface area contributed by atoms with Gasteiger partial charge in [-0.15, -0.1) is 0 Å². The molecule has 32 heavy (non-hydrogen) atoms. The van der Waals surface area contributed by atoms with E-state index in [1.54, 1.807) is 25.3 Å². The number of anilines is 1. The van der Waals surface area contributed by atoms with Gasteiger partial charge in [0.2, 0.25) is 0 Å². The lowest BCUT2D eigenvalue weighted by atomic mass is 9.92. The van der Waals surface area contributed by atoms with E-state index in [9.17, 15) is 4.79 Å². The molecule has 0 spiro atoms. The van der Waals surface area contributed by atoms with E-state index in [4.69, 9.17) is 14.0 Å². The predicted molar refractivity (Wildman–Crippen MR) is 126 cm³/mol. The molecule has 1 aromatic heterocycles. The van der Waals surface area contributed by atoms with Crippen LogP contribution in [0.2, 0.25) is 0 Å². The third-order valence-corrected chi connectivity index (χ3v) is 5.59. The van der Waals surface area contributed by atoms with Crippen LogP contribution in [0.1, 0.15) is 78.0 Å². The fraction of sp³-hybridized carbons (Fsp3) is 0.385. The molecule has 0 fully saturated rings. The number of aryl methyl sites for hydroxylation is 2.